The monoisotopic (exact) mass is 219 g/mol. The van der Waals surface area contributed by atoms with Gasteiger partial charge in [0.15, 0.2) is 0 Å². The van der Waals surface area contributed by atoms with Gasteiger partial charge in [0.2, 0.25) is 0 Å². The second-order valence-corrected chi connectivity index (χ2v) is 3.22. The standard InChI is InChI=1S/C12H13NO3/c1-3-8-5-9(12(15)16-4-2)6-11(14)10(8)7-13/h5-6,14H,3-4H2,1-2H3. The fourth-order valence-corrected chi connectivity index (χ4v) is 1.43. The third-order valence-electron chi connectivity index (χ3n) is 2.20. The average molecular weight is 219 g/mol. The van der Waals surface area contributed by atoms with Crippen molar-refractivity contribution in [1.29, 1.82) is 5.26 Å². The maximum atomic E-state index is 11.4. The van der Waals surface area contributed by atoms with Crippen molar-refractivity contribution in [3.05, 3.63) is 28.8 Å². The van der Waals surface area contributed by atoms with Gasteiger partial charge >= 0.3 is 5.97 Å². The summed E-state index contributed by atoms with van der Waals surface area (Å²) in [6, 6.07) is 4.75. The van der Waals surface area contributed by atoms with E-state index in [9.17, 15) is 9.90 Å². The van der Waals surface area contributed by atoms with E-state index in [4.69, 9.17) is 10.00 Å². The Balaban J connectivity index is 3.21. The molecule has 0 atom stereocenters. The van der Waals surface area contributed by atoms with Crippen LogP contribution < -0.4 is 0 Å². The highest BCUT2D eigenvalue weighted by Gasteiger charge is 2.13. The summed E-state index contributed by atoms with van der Waals surface area (Å²) in [5, 5.41) is 18.4. The van der Waals surface area contributed by atoms with Crippen molar-refractivity contribution in [3.63, 3.8) is 0 Å². The van der Waals surface area contributed by atoms with Crippen LogP contribution >= 0.6 is 0 Å². The molecule has 0 radical (unpaired) electrons. The predicted molar refractivity (Wildman–Crippen MR) is 58.2 cm³/mol. The Morgan fingerprint density at radius 1 is 1.50 bits per heavy atom. The van der Waals surface area contributed by atoms with Gasteiger partial charge in [0.1, 0.15) is 11.8 Å². The van der Waals surface area contributed by atoms with Gasteiger partial charge in [-0.15, -0.1) is 0 Å². The van der Waals surface area contributed by atoms with E-state index in [1.165, 1.54) is 6.07 Å². The summed E-state index contributed by atoms with van der Waals surface area (Å²) < 4.78 is 4.82. The third-order valence-corrected chi connectivity index (χ3v) is 2.20. The lowest BCUT2D eigenvalue weighted by Gasteiger charge is -2.07. The number of aromatic hydroxyl groups is 1. The molecule has 16 heavy (non-hydrogen) atoms. The fraction of sp³-hybridized carbons (Fsp3) is 0.333. The summed E-state index contributed by atoms with van der Waals surface area (Å²) in [5.74, 6) is -0.665. The van der Waals surface area contributed by atoms with Crippen molar-refractivity contribution < 1.29 is 14.6 Å². The molecule has 4 heteroatoms. The second kappa shape index (κ2) is 5.17. The Kier molecular flexibility index (Phi) is 3.90. The van der Waals surface area contributed by atoms with Crippen molar-refractivity contribution in [2.45, 2.75) is 20.3 Å². The quantitative estimate of drug-likeness (QED) is 0.789. The number of ether oxygens (including phenoxy) is 1. The number of aryl methyl sites for hydroxylation is 1. The van der Waals surface area contributed by atoms with E-state index in [1.807, 2.05) is 13.0 Å². The first kappa shape index (κ1) is 12.1. The Bertz CT molecular complexity index is 446. The molecule has 4 nitrogen and oxygen atoms in total. The molecule has 0 aliphatic heterocycles. The maximum Gasteiger partial charge on any atom is 0.338 e. The van der Waals surface area contributed by atoms with Crippen molar-refractivity contribution in [1.82, 2.24) is 0 Å². The molecule has 0 saturated heterocycles. The highest BCUT2D eigenvalue weighted by atomic mass is 16.5. The van der Waals surface area contributed by atoms with E-state index < -0.39 is 5.97 Å². The second-order valence-electron chi connectivity index (χ2n) is 3.22. The minimum absolute atomic E-state index is 0.176. The van der Waals surface area contributed by atoms with E-state index >= 15 is 0 Å². The zero-order valence-corrected chi connectivity index (χ0v) is 9.28. The first-order valence-corrected chi connectivity index (χ1v) is 5.07. The normalized spacial score (nSPS) is 9.56. The molecular weight excluding hydrogens is 206 g/mol. The Morgan fingerprint density at radius 2 is 2.19 bits per heavy atom. The van der Waals surface area contributed by atoms with Crippen molar-refractivity contribution in [3.8, 4) is 11.8 Å². The number of phenolic OH excluding ortho intramolecular Hbond substituents is 1. The SMILES string of the molecule is CCOC(=O)c1cc(O)c(C#N)c(CC)c1. The van der Waals surface area contributed by atoms with Crippen LogP contribution in [0, 0.1) is 11.3 Å². The van der Waals surface area contributed by atoms with Gasteiger partial charge in [-0.1, -0.05) is 6.92 Å². The molecular formula is C12H13NO3. The minimum atomic E-state index is -0.489. The van der Waals surface area contributed by atoms with E-state index in [0.717, 1.165) is 0 Å². The lowest BCUT2D eigenvalue weighted by Crippen LogP contribution is -2.06. The van der Waals surface area contributed by atoms with Gasteiger partial charge in [-0.05, 0) is 31.0 Å². The number of carbonyl (C=O) groups excluding carboxylic acids is 1. The van der Waals surface area contributed by atoms with Crippen molar-refractivity contribution in [2.24, 2.45) is 0 Å². The van der Waals surface area contributed by atoms with Gasteiger partial charge < -0.3 is 9.84 Å². The smallest absolute Gasteiger partial charge is 0.338 e. The average Bonchev–Trinajstić information content (AvgIpc) is 2.28. The molecule has 1 aromatic rings. The lowest BCUT2D eigenvalue weighted by atomic mass is 10.0. The molecule has 0 bridgehead atoms. The molecule has 0 spiro atoms. The Morgan fingerprint density at radius 3 is 2.69 bits per heavy atom. The number of phenols is 1. The molecule has 1 aromatic carbocycles. The van der Waals surface area contributed by atoms with Crippen LogP contribution in [0.25, 0.3) is 0 Å². The number of hydrogen-bond acceptors (Lipinski definition) is 4. The number of hydrogen-bond donors (Lipinski definition) is 1. The zero-order chi connectivity index (χ0) is 12.1. The van der Waals surface area contributed by atoms with Crippen LogP contribution in [0.4, 0.5) is 0 Å². The van der Waals surface area contributed by atoms with Gasteiger partial charge in [-0.2, -0.15) is 5.26 Å². The van der Waals surface area contributed by atoms with Crippen LogP contribution in [0.2, 0.25) is 0 Å². The summed E-state index contributed by atoms with van der Waals surface area (Å²) >= 11 is 0. The first-order valence-electron chi connectivity index (χ1n) is 5.07. The summed E-state index contributed by atoms with van der Waals surface area (Å²) in [6.07, 6.45) is 0.573. The lowest BCUT2D eigenvalue weighted by molar-refractivity contribution is 0.0526. The van der Waals surface area contributed by atoms with Gasteiger partial charge in [-0.25, -0.2) is 4.79 Å². The Labute approximate surface area is 94.1 Å². The van der Waals surface area contributed by atoms with E-state index in [0.29, 0.717) is 12.0 Å². The number of nitriles is 1. The summed E-state index contributed by atoms with van der Waals surface area (Å²) in [5.41, 5.74) is 1.14. The molecule has 0 fully saturated rings. The van der Waals surface area contributed by atoms with Crippen molar-refractivity contribution in [2.75, 3.05) is 6.61 Å². The zero-order valence-electron chi connectivity index (χ0n) is 9.28. The number of benzene rings is 1. The molecule has 0 amide bonds. The fourth-order valence-electron chi connectivity index (χ4n) is 1.43. The molecule has 1 rings (SSSR count). The molecule has 0 aromatic heterocycles. The van der Waals surface area contributed by atoms with Crippen LogP contribution in [-0.4, -0.2) is 17.7 Å². The first-order chi connectivity index (χ1) is 7.63. The van der Waals surface area contributed by atoms with Gasteiger partial charge in [0.05, 0.1) is 17.7 Å². The van der Waals surface area contributed by atoms with Crippen LogP contribution in [0.1, 0.15) is 35.3 Å². The topological polar surface area (TPSA) is 70.3 Å². The highest BCUT2D eigenvalue weighted by molar-refractivity contribution is 5.90. The largest absolute Gasteiger partial charge is 0.507 e. The Hall–Kier alpha value is -2.02. The third kappa shape index (κ3) is 2.31. The molecule has 0 heterocycles. The van der Waals surface area contributed by atoms with Gasteiger partial charge in [0, 0.05) is 0 Å². The number of carbonyl (C=O) groups is 1. The number of nitrogens with zero attached hydrogens (tertiary/aromatic N) is 1. The summed E-state index contributed by atoms with van der Waals surface area (Å²) in [7, 11) is 0. The van der Waals surface area contributed by atoms with Crippen molar-refractivity contribution >= 4 is 5.97 Å². The minimum Gasteiger partial charge on any atom is -0.507 e. The van der Waals surface area contributed by atoms with Gasteiger partial charge in [0.25, 0.3) is 0 Å². The molecule has 1 N–H and O–H groups in total. The molecule has 0 saturated carbocycles. The van der Waals surface area contributed by atoms with Crippen LogP contribution in [0.5, 0.6) is 5.75 Å². The summed E-state index contributed by atoms with van der Waals surface area (Å²) in [6.45, 7) is 3.84. The summed E-state index contributed by atoms with van der Waals surface area (Å²) in [4.78, 5) is 11.4. The molecule has 84 valence electrons. The van der Waals surface area contributed by atoms with Crippen LogP contribution in [0.15, 0.2) is 12.1 Å². The number of esters is 1. The van der Waals surface area contributed by atoms with E-state index in [1.54, 1.807) is 13.0 Å². The molecule has 0 aliphatic carbocycles. The molecule has 0 unspecified atom stereocenters. The number of rotatable bonds is 3. The van der Waals surface area contributed by atoms with E-state index in [-0.39, 0.29) is 23.5 Å². The van der Waals surface area contributed by atoms with Gasteiger partial charge in [-0.3, -0.25) is 0 Å². The van der Waals surface area contributed by atoms with Crippen LogP contribution in [0.3, 0.4) is 0 Å². The maximum absolute atomic E-state index is 11.4. The van der Waals surface area contributed by atoms with E-state index in [2.05, 4.69) is 0 Å². The molecule has 0 aliphatic rings. The highest BCUT2D eigenvalue weighted by Crippen LogP contribution is 2.23. The predicted octanol–water partition coefficient (Wildman–Crippen LogP) is 2.00. The van der Waals surface area contributed by atoms with Crippen LogP contribution in [-0.2, 0) is 11.2 Å².